The van der Waals surface area contributed by atoms with Crippen molar-refractivity contribution in [2.24, 2.45) is 5.92 Å². The van der Waals surface area contributed by atoms with Crippen molar-refractivity contribution in [1.29, 1.82) is 0 Å². The Kier molecular flexibility index (Phi) is 5.75. The summed E-state index contributed by atoms with van der Waals surface area (Å²) >= 11 is 0. The van der Waals surface area contributed by atoms with Gasteiger partial charge in [0.1, 0.15) is 5.82 Å². The number of nitrogens with zero attached hydrogens (tertiary/aromatic N) is 5. The minimum Gasteiger partial charge on any atom is -0.376 e. The molecule has 0 aromatic carbocycles. The number of anilines is 2. The molecule has 0 radical (unpaired) electrons. The SMILES string of the molecule is Cc1noc(C2CCCN(c3nccc(NC4CCCOC4C(C)C)n3)C2)n1. The lowest BCUT2D eigenvalue weighted by Gasteiger charge is -2.35. The molecule has 2 aromatic rings. The molecule has 2 aromatic heterocycles. The molecule has 1 N–H and O–H groups in total. The van der Waals surface area contributed by atoms with E-state index in [9.17, 15) is 0 Å². The van der Waals surface area contributed by atoms with Gasteiger partial charge in [-0.25, -0.2) is 4.98 Å². The molecule has 0 spiro atoms. The van der Waals surface area contributed by atoms with E-state index in [-0.39, 0.29) is 18.1 Å². The first-order valence-corrected chi connectivity index (χ1v) is 10.4. The zero-order valence-corrected chi connectivity index (χ0v) is 17.0. The van der Waals surface area contributed by atoms with Gasteiger partial charge in [0, 0.05) is 25.9 Å². The van der Waals surface area contributed by atoms with E-state index in [1.165, 1.54) is 0 Å². The summed E-state index contributed by atoms with van der Waals surface area (Å²) in [4.78, 5) is 15.9. The number of hydrogen-bond acceptors (Lipinski definition) is 8. The Morgan fingerprint density at radius 2 is 2.11 bits per heavy atom. The Morgan fingerprint density at radius 3 is 2.89 bits per heavy atom. The summed E-state index contributed by atoms with van der Waals surface area (Å²) in [6.07, 6.45) is 6.33. The monoisotopic (exact) mass is 386 g/mol. The van der Waals surface area contributed by atoms with Crippen LogP contribution in [0.5, 0.6) is 0 Å². The van der Waals surface area contributed by atoms with Crippen LogP contribution >= 0.6 is 0 Å². The zero-order valence-electron chi connectivity index (χ0n) is 17.0. The molecule has 2 fully saturated rings. The van der Waals surface area contributed by atoms with Gasteiger partial charge in [0.2, 0.25) is 11.8 Å². The van der Waals surface area contributed by atoms with Crippen LogP contribution in [0.25, 0.3) is 0 Å². The molecule has 0 bridgehead atoms. The topological polar surface area (TPSA) is 89.2 Å². The van der Waals surface area contributed by atoms with E-state index in [2.05, 4.69) is 39.2 Å². The van der Waals surface area contributed by atoms with Gasteiger partial charge >= 0.3 is 0 Å². The highest BCUT2D eigenvalue weighted by atomic mass is 16.5. The number of aromatic nitrogens is 4. The van der Waals surface area contributed by atoms with Crippen molar-refractivity contribution < 1.29 is 9.26 Å². The molecule has 0 amide bonds. The fraction of sp³-hybridized carbons (Fsp3) is 0.700. The molecule has 3 atom stereocenters. The molecule has 8 heteroatoms. The highest BCUT2D eigenvalue weighted by Gasteiger charge is 2.30. The predicted molar refractivity (Wildman–Crippen MR) is 106 cm³/mol. The molecule has 152 valence electrons. The van der Waals surface area contributed by atoms with Gasteiger partial charge in [-0.3, -0.25) is 0 Å². The van der Waals surface area contributed by atoms with E-state index in [4.69, 9.17) is 14.2 Å². The van der Waals surface area contributed by atoms with Gasteiger partial charge in [-0.15, -0.1) is 0 Å². The predicted octanol–water partition coefficient (Wildman–Crippen LogP) is 3.17. The standard InChI is InChI=1S/C20H30N6O2/c1-13(2)18-16(7-5-11-27-18)23-17-8-9-21-20(24-17)26-10-4-6-15(12-26)19-22-14(3)25-28-19/h8-9,13,15-16,18H,4-7,10-12H2,1-3H3,(H,21,23,24). The number of rotatable bonds is 5. The van der Waals surface area contributed by atoms with Crippen LogP contribution in [0.1, 0.15) is 57.2 Å². The summed E-state index contributed by atoms with van der Waals surface area (Å²) in [7, 11) is 0. The average Bonchev–Trinajstić information content (AvgIpc) is 3.15. The molecule has 4 rings (SSSR count). The highest BCUT2D eigenvalue weighted by molar-refractivity contribution is 5.43. The summed E-state index contributed by atoms with van der Waals surface area (Å²) < 4.78 is 11.4. The van der Waals surface area contributed by atoms with Gasteiger partial charge < -0.3 is 19.5 Å². The second-order valence-corrected chi connectivity index (χ2v) is 8.18. The molecule has 0 saturated carbocycles. The Bertz CT molecular complexity index is 780. The Labute approximate surface area is 166 Å². The van der Waals surface area contributed by atoms with Gasteiger partial charge in [0.25, 0.3) is 0 Å². The Balaban J connectivity index is 1.45. The molecular weight excluding hydrogens is 356 g/mol. The number of hydrogen-bond donors (Lipinski definition) is 1. The van der Waals surface area contributed by atoms with Gasteiger partial charge in [-0.1, -0.05) is 19.0 Å². The first-order valence-electron chi connectivity index (χ1n) is 10.4. The van der Waals surface area contributed by atoms with Crippen LogP contribution in [0.3, 0.4) is 0 Å². The van der Waals surface area contributed by atoms with Crippen LogP contribution in [0, 0.1) is 12.8 Å². The molecule has 0 aliphatic carbocycles. The maximum absolute atomic E-state index is 6.00. The molecule has 2 saturated heterocycles. The van der Waals surface area contributed by atoms with Crippen molar-refractivity contribution in [1.82, 2.24) is 20.1 Å². The second-order valence-electron chi connectivity index (χ2n) is 8.18. The maximum Gasteiger partial charge on any atom is 0.231 e. The highest BCUT2D eigenvalue weighted by Crippen LogP contribution is 2.28. The van der Waals surface area contributed by atoms with E-state index < -0.39 is 0 Å². The van der Waals surface area contributed by atoms with Gasteiger partial charge in [0.15, 0.2) is 5.82 Å². The van der Waals surface area contributed by atoms with Crippen molar-refractivity contribution in [2.75, 3.05) is 29.9 Å². The minimum atomic E-state index is 0.215. The van der Waals surface area contributed by atoms with E-state index in [1.807, 2.05) is 19.2 Å². The van der Waals surface area contributed by atoms with Gasteiger partial charge in [-0.2, -0.15) is 9.97 Å². The van der Waals surface area contributed by atoms with Gasteiger partial charge in [0.05, 0.1) is 18.1 Å². The maximum atomic E-state index is 6.00. The number of ether oxygens (including phenoxy) is 1. The minimum absolute atomic E-state index is 0.215. The van der Waals surface area contributed by atoms with Crippen molar-refractivity contribution in [2.45, 2.75) is 64.5 Å². The third-order valence-electron chi connectivity index (χ3n) is 5.60. The average molecular weight is 387 g/mol. The van der Waals surface area contributed by atoms with Crippen LogP contribution in [0.4, 0.5) is 11.8 Å². The summed E-state index contributed by atoms with van der Waals surface area (Å²) in [5.74, 6) is 3.72. The van der Waals surface area contributed by atoms with Crippen molar-refractivity contribution >= 4 is 11.8 Å². The molecule has 28 heavy (non-hydrogen) atoms. The molecule has 2 aliphatic heterocycles. The van der Waals surface area contributed by atoms with E-state index in [0.717, 1.165) is 63.0 Å². The number of piperidine rings is 1. The largest absolute Gasteiger partial charge is 0.376 e. The smallest absolute Gasteiger partial charge is 0.231 e. The molecule has 4 heterocycles. The summed E-state index contributed by atoms with van der Waals surface area (Å²) in [6.45, 7) is 8.86. The lowest BCUT2D eigenvalue weighted by Crippen LogP contribution is -2.43. The Hall–Kier alpha value is -2.22. The van der Waals surface area contributed by atoms with Crippen LogP contribution in [0.2, 0.25) is 0 Å². The summed E-state index contributed by atoms with van der Waals surface area (Å²) in [5, 5.41) is 7.53. The second kappa shape index (κ2) is 8.43. The van der Waals surface area contributed by atoms with Gasteiger partial charge in [-0.05, 0) is 44.6 Å². The number of aryl methyl sites for hydroxylation is 1. The molecule has 8 nitrogen and oxygen atoms in total. The molecule has 3 unspecified atom stereocenters. The third kappa shape index (κ3) is 4.27. The summed E-state index contributed by atoms with van der Waals surface area (Å²) in [5.41, 5.74) is 0. The Morgan fingerprint density at radius 1 is 1.21 bits per heavy atom. The molecular formula is C20H30N6O2. The lowest BCUT2D eigenvalue weighted by atomic mass is 9.94. The summed E-state index contributed by atoms with van der Waals surface area (Å²) in [6, 6.07) is 2.23. The van der Waals surface area contributed by atoms with E-state index in [0.29, 0.717) is 11.7 Å². The zero-order chi connectivity index (χ0) is 19.5. The van der Waals surface area contributed by atoms with Crippen molar-refractivity contribution in [3.8, 4) is 0 Å². The van der Waals surface area contributed by atoms with Crippen LogP contribution in [0.15, 0.2) is 16.8 Å². The van der Waals surface area contributed by atoms with Crippen LogP contribution in [-0.2, 0) is 4.74 Å². The molecule has 2 aliphatic rings. The first kappa shape index (κ1) is 19.1. The van der Waals surface area contributed by atoms with Crippen LogP contribution in [-0.4, -0.2) is 52.0 Å². The first-order chi connectivity index (χ1) is 13.6. The fourth-order valence-corrected chi connectivity index (χ4v) is 4.22. The van der Waals surface area contributed by atoms with Crippen molar-refractivity contribution in [3.05, 3.63) is 24.0 Å². The quantitative estimate of drug-likeness (QED) is 0.838. The van der Waals surface area contributed by atoms with E-state index in [1.54, 1.807) is 0 Å². The van der Waals surface area contributed by atoms with E-state index >= 15 is 0 Å². The normalized spacial score (nSPS) is 25.9. The third-order valence-corrected chi connectivity index (χ3v) is 5.60. The number of nitrogens with one attached hydrogen (secondary N) is 1. The van der Waals surface area contributed by atoms with Crippen LogP contribution < -0.4 is 10.2 Å². The van der Waals surface area contributed by atoms with Crippen molar-refractivity contribution in [3.63, 3.8) is 0 Å². The fourth-order valence-electron chi connectivity index (χ4n) is 4.22. The lowest BCUT2D eigenvalue weighted by molar-refractivity contribution is -0.0203.